The zero-order valence-electron chi connectivity index (χ0n) is 14.8. The summed E-state index contributed by atoms with van der Waals surface area (Å²) in [4.78, 5) is 2.90. The maximum atomic E-state index is 8.67. The molecule has 0 bridgehead atoms. The van der Waals surface area contributed by atoms with Crippen LogP contribution in [-0.2, 0) is 4.43 Å². The fourth-order valence-electron chi connectivity index (χ4n) is 3.13. The fourth-order valence-corrected chi connectivity index (χ4v) is 7.78. The van der Waals surface area contributed by atoms with E-state index in [0.717, 1.165) is 0 Å². The van der Waals surface area contributed by atoms with Gasteiger partial charge in [0, 0.05) is 11.5 Å². The van der Waals surface area contributed by atoms with Gasteiger partial charge in [-0.3, -0.25) is 0 Å². The second-order valence-electron chi connectivity index (χ2n) is 7.03. The Labute approximate surface area is 145 Å². The maximum absolute atomic E-state index is 8.67. The summed E-state index contributed by atoms with van der Waals surface area (Å²) in [5.41, 5.74) is 8.67. The molecule has 0 amide bonds. The normalized spacial score (nSPS) is 13.2. The average molecular weight is 340 g/mol. The summed E-state index contributed by atoms with van der Waals surface area (Å²) in [6.07, 6.45) is 0. The molecular formula is C19H25N3OSi. The van der Waals surface area contributed by atoms with Gasteiger partial charge in [0.05, 0.1) is 6.04 Å². The number of azide groups is 1. The van der Waals surface area contributed by atoms with Gasteiger partial charge in [-0.15, -0.1) is 0 Å². The topological polar surface area (TPSA) is 58.0 Å². The minimum atomic E-state index is -2.52. The van der Waals surface area contributed by atoms with E-state index in [2.05, 4.69) is 79.3 Å². The molecule has 5 heteroatoms. The number of hydrogen-bond acceptors (Lipinski definition) is 2. The van der Waals surface area contributed by atoms with Crippen molar-refractivity contribution in [2.45, 2.75) is 38.8 Å². The van der Waals surface area contributed by atoms with Gasteiger partial charge in [0.2, 0.25) is 0 Å². The van der Waals surface area contributed by atoms with Crippen molar-refractivity contribution < 1.29 is 4.43 Å². The minimum Gasteiger partial charge on any atom is -0.407 e. The molecule has 4 nitrogen and oxygen atoms in total. The fraction of sp³-hybridized carbons (Fsp3) is 0.368. The monoisotopic (exact) mass is 339 g/mol. The van der Waals surface area contributed by atoms with Gasteiger partial charge in [-0.2, -0.15) is 0 Å². The van der Waals surface area contributed by atoms with Gasteiger partial charge in [-0.1, -0.05) is 93.5 Å². The van der Waals surface area contributed by atoms with Crippen molar-refractivity contribution >= 4 is 18.7 Å². The van der Waals surface area contributed by atoms with Crippen LogP contribution in [0.4, 0.5) is 0 Å². The highest BCUT2D eigenvalue weighted by Gasteiger charge is 2.50. The number of nitrogens with zero attached hydrogens (tertiary/aromatic N) is 3. The number of hydrogen-bond donors (Lipinski definition) is 0. The lowest BCUT2D eigenvalue weighted by molar-refractivity contribution is 0.278. The Balaban J connectivity index is 2.59. The molecule has 24 heavy (non-hydrogen) atoms. The highest BCUT2D eigenvalue weighted by atomic mass is 28.4. The molecule has 0 spiro atoms. The Morgan fingerprint density at radius 2 is 1.46 bits per heavy atom. The van der Waals surface area contributed by atoms with Crippen molar-refractivity contribution in [3.63, 3.8) is 0 Å². The van der Waals surface area contributed by atoms with Crippen LogP contribution in [0.1, 0.15) is 27.7 Å². The summed E-state index contributed by atoms with van der Waals surface area (Å²) >= 11 is 0. The second-order valence-corrected chi connectivity index (χ2v) is 11.3. The van der Waals surface area contributed by atoms with Crippen molar-refractivity contribution in [3.8, 4) is 0 Å². The largest absolute Gasteiger partial charge is 0.407 e. The predicted molar refractivity (Wildman–Crippen MR) is 102 cm³/mol. The van der Waals surface area contributed by atoms with Crippen LogP contribution in [0.3, 0.4) is 0 Å². The summed E-state index contributed by atoms with van der Waals surface area (Å²) in [5, 5.41) is 6.18. The smallest absolute Gasteiger partial charge is 0.261 e. The van der Waals surface area contributed by atoms with Crippen LogP contribution in [0.2, 0.25) is 5.04 Å². The Kier molecular flexibility index (Phi) is 5.83. The van der Waals surface area contributed by atoms with Gasteiger partial charge in [0.25, 0.3) is 8.32 Å². The Hall–Kier alpha value is -2.07. The molecule has 0 aliphatic heterocycles. The molecule has 0 fully saturated rings. The predicted octanol–water partition coefficient (Wildman–Crippen LogP) is 4.26. The number of benzene rings is 2. The first kappa shape index (κ1) is 18.3. The van der Waals surface area contributed by atoms with Gasteiger partial charge < -0.3 is 4.43 Å². The van der Waals surface area contributed by atoms with E-state index in [0.29, 0.717) is 6.61 Å². The van der Waals surface area contributed by atoms with E-state index < -0.39 is 8.32 Å². The summed E-state index contributed by atoms with van der Waals surface area (Å²) < 4.78 is 6.65. The first-order valence-electron chi connectivity index (χ1n) is 8.21. The molecule has 0 aliphatic carbocycles. The van der Waals surface area contributed by atoms with Gasteiger partial charge in [-0.25, -0.2) is 0 Å². The standard InChI is InChI=1S/C19H25N3OSi/c1-16(21-22-20)15-23-24(19(2,3)4,17-11-7-5-8-12-17)18-13-9-6-10-14-18/h5-14,16H,15H2,1-4H3. The molecule has 1 unspecified atom stereocenters. The number of rotatable bonds is 6. The van der Waals surface area contributed by atoms with Crippen LogP contribution in [0.5, 0.6) is 0 Å². The van der Waals surface area contributed by atoms with Crippen molar-refractivity contribution in [2.75, 3.05) is 6.61 Å². The van der Waals surface area contributed by atoms with E-state index in [9.17, 15) is 0 Å². The Morgan fingerprint density at radius 1 is 1.00 bits per heavy atom. The molecule has 1 atom stereocenters. The first-order chi connectivity index (χ1) is 11.4. The average Bonchev–Trinajstić information content (AvgIpc) is 2.56. The molecule has 0 saturated carbocycles. The van der Waals surface area contributed by atoms with E-state index in [1.807, 2.05) is 19.1 Å². The zero-order chi connectivity index (χ0) is 17.6. The minimum absolute atomic E-state index is 0.0637. The van der Waals surface area contributed by atoms with Crippen molar-refractivity contribution in [1.82, 2.24) is 0 Å². The van der Waals surface area contributed by atoms with Gasteiger partial charge in [0.15, 0.2) is 0 Å². The third kappa shape index (κ3) is 3.70. The van der Waals surface area contributed by atoms with E-state index >= 15 is 0 Å². The van der Waals surface area contributed by atoms with Crippen molar-refractivity contribution in [1.29, 1.82) is 0 Å². The summed E-state index contributed by atoms with van der Waals surface area (Å²) in [6.45, 7) is 9.00. The molecule has 2 aromatic rings. The lowest BCUT2D eigenvalue weighted by Crippen LogP contribution is -2.67. The van der Waals surface area contributed by atoms with Crippen LogP contribution in [0, 0.1) is 0 Å². The highest BCUT2D eigenvalue weighted by molar-refractivity contribution is 6.99. The highest BCUT2D eigenvalue weighted by Crippen LogP contribution is 2.36. The SMILES string of the molecule is CC(CO[Si](c1ccccc1)(c1ccccc1)C(C)(C)C)N=[N+]=[N-]. The molecule has 2 aromatic carbocycles. The second kappa shape index (κ2) is 7.66. The maximum Gasteiger partial charge on any atom is 0.261 e. The van der Waals surface area contributed by atoms with Crippen LogP contribution in [0.15, 0.2) is 65.8 Å². The first-order valence-corrected chi connectivity index (χ1v) is 10.1. The summed E-state index contributed by atoms with van der Waals surface area (Å²) in [6, 6.07) is 20.7. The molecule has 0 aromatic heterocycles. The van der Waals surface area contributed by atoms with Crippen LogP contribution >= 0.6 is 0 Å². The quantitative estimate of drug-likeness (QED) is 0.336. The van der Waals surface area contributed by atoms with E-state index in [-0.39, 0.29) is 11.1 Å². The molecular weight excluding hydrogens is 314 g/mol. The van der Waals surface area contributed by atoms with Crippen LogP contribution < -0.4 is 10.4 Å². The molecule has 0 heterocycles. The zero-order valence-corrected chi connectivity index (χ0v) is 15.8. The molecule has 0 aliphatic rings. The van der Waals surface area contributed by atoms with Gasteiger partial charge in [0.1, 0.15) is 0 Å². The van der Waals surface area contributed by atoms with E-state index in [1.54, 1.807) is 0 Å². The van der Waals surface area contributed by atoms with E-state index in [1.165, 1.54) is 10.4 Å². The van der Waals surface area contributed by atoms with Gasteiger partial charge >= 0.3 is 0 Å². The molecule has 0 saturated heterocycles. The lowest BCUT2D eigenvalue weighted by Gasteiger charge is -2.43. The lowest BCUT2D eigenvalue weighted by atomic mass is 10.2. The van der Waals surface area contributed by atoms with Gasteiger partial charge in [-0.05, 0) is 20.9 Å². The Morgan fingerprint density at radius 3 is 1.83 bits per heavy atom. The van der Waals surface area contributed by atoms with Crippen LogP contribution in [0.25, 0.3) is 10.4 Å². The third-order valence-corrected chi connectivity index (χ3v) is 9.21. The van der Waals surface area contributed by atoms with Crippen molar-refractivity contribution in [3.05, 3.63) is 71.1 Å². The molecule has 2 rings (SSSR count). The summed E-state index contributed by atoms with van der Waals surface area (Å²) in [7, 11) is -2.52. The van der Waals surface area contributed by atoms with Crippen LogP contribution in [-0.4, -0.2) is 21.0 Å². The Bertz CT molecular complexity index is 652. The summed E-state index contributed by atoms with van der Waals surface area (Å²) in [5.74, 6) is 0. The van der Waals surface area contributed by atoms with Crippen molar-refractivity contribution in [2.24, 2.45) is 5.11 Å². The molecule has 126 valence electrons. The van der Waals surface area contributed by atoms with E-state index in [4.69, 9.17) is 9.96 Å². The molecule has 0 N–H and O–H groups in total. The molecule has 0 radical (unpaired) electrons. The third-order valence-electron chi connectivity index (χ3n) is 4.21.